The normalized spacial score (nSPS) is 11.0. The number of aromatic hydroxyl groups is 2. The van der Waals surface area contributed by atoms with Gasteiger partial charge in [0.1, 0.15) is 11.5 Å². The van der Waals surface area contributed by atoms with Gasteiger partial charge in [-0.1, -0.05) is 51.0 Å². The average molecular weight is 357 g/mol. The highest BCUT2D eigenvalue weighted by atomic mass is 16.3. The predicted octanol–water partition coefficient (Wildman–Crippen LogP) is 3.88. The molecule has 0 unspecified atom stereocenters. The van der Waals surface area contributed by atoms with Gasteiger partial charge in [0, 0.05) is 37.3 Å². The molecule has 0 aliphatic heterocycles. The van der Waals surface area contributed by atoms with Gasteiger partial charge in [-0.05, 0) is 36.1 Å². The Hall–Kier alpha value is -2.04. The fourth-order valence-corrected chi connectivity index (χ4v) is 3.07. The van der Waals surface area contributed by atoms with Crippen LogP contribution in [-0.2, 0) is 25.9 Å². The van der Waals surface area contributed by atoms with E-state index in [-0.39, 0.29) is 0 Å². The Balaban J connectivity index is 1.73. The molecule has 0 fully saturated rings. The Labute approximate surface area is 157 Å². The van der Waals surface area contributed by atoms with E-state index in [1.807, 2.05) is 12.1 Å². The minimum Gasteiger partial charge on any atom is -0.508 e. The lowest BCUT2D eigenvalue weighted by Gasteiger charge is -2.11. The number of benzene rings is 2. The van der Waals surface area contributed by atoms with Crippen molar-refractivity contribution in [1.82, 2.24) is 10.6 Å². The molecule has 142 valence electrons. The molecule has 0 saturated heterocycles. The molecule has 2 aromatic rings. The maximum Gasteiger partial charge on any atom is 0.120 e. The van der Waals surface area contributed by atoms with Crippen molar-refractivity contribution in [2.24, 2.45) is 0 Å². The third kappa shape index (κ3) is 6.36. The molecule has 0 heterocycles. The van der Waals surface area contributed by atoms with E-state index in [2.05, 4.69) is 36.6 Å². The molecule has 0 bridgehead atoms. The van der Waals surface area contributed by atoms with E-state index in [0.29, 0.717) is 24.6 Å². The van der Waals surface area contributed by atoms with E-state index in [1.165, 1.54) is 11.1 Å². The van der Waals surface area contributed by atoms with Crippen molar-refractivity contribution in [2.45, 2.75) is 52.6 Å². The predicted molar refractivity (Wildman–Crippen MR) is 108 cm³/mol. The first-order valence-electron chi connectivity index (χ1n) is 9.67. The number of aryl methyl sites for hydroxylation is 2. The number of hydrogen-bond acceptors (Lipinski definition) is 4. The number of hydrogen-bond donors (Lipinski definition) is 4. The largest absolute Gasteiger partial charge is 0.508 e. The number of rotatable bonds is 11. The van der Waals surface area contributed by atoms with E-state index in [4.69, 9.17) is 0 Å². The lowest BCUT2D eigenvalue weighted by atomic mass is 10.1. The van der Waals surface area contributed by atoms with Crippen LogP contribution in [0.4, 0.5) is 0 Å². The van der Waals surface area contributed by atoms with Gasteiger partial charge in [0.25, 0.3) is 0 Å². The lowest BCUT2D eigenvalue weighted by molar-refractivity contribution is 0.460. The Morgan fingerprint density at radius 3 is 1.50 bits per heavy atom. The van der Waals surface area contributed by atoms with Crippen LogP contribution in [0.15, 0.2) is 36.4 Å². The van der Waals surface area contributed by atoms with Crippen molar-refractivity contribution in [1.29, 1.82) is 0 Å². The Morgan fingerprint density at radius 2 is 1.12 bits per heavy atom. The molecule has 0 aromatic heterocycles. The second kappa shape index (κ2) is 10.8. The standard InChI is InChI=1S/C22H32N2O2/c1-3-5-17-7-9-21(25)19(13-17)15-23-11-12-24-16-20-14-18(6-4-2)8-10-22(20)26/h7-10,13-14,23-26H,3-6,11-12,15-16H2,1-2H3. The van der Waals surface area contributed by atoms with Crippen molar-refractivity contribution in [2.75, 3.05) is 13.1 Å². The van der Waals surface area contributed by atoms with Gasteiger partial charge in [0.2, 0.25) is 0 Å². The zero-order chi connectivity index (χ0) is 18.8. The molecule has 0 spiro atoms. The summed E-state index contributed by atoms with van der Waals surface area (Å²) in [7, 11) is 0. The lowest BCUT2D eigenvalue weighted by Crippen LogP contribution is -2.26. The third-order valence-corrected chi connectivity index (χ3v) is 4.47. The quantitative estimate of drug-likeness (QED) is 0.461. The first kappa shape index (κ1) is 20.3. The van der Waals surface area contributed by atoms with Gasteiger partial charge >= 0.3 is 0 Å². The number of phenols is 2. The molecule has 26 heavy (non-hydrogen) atoms. The SMILES string of the molecule is CCCc1ccc(O)c(CNCCNCc2cc(CCC)ccc2O)c1. The maximum absolute atomic E-state index is 9.97. The van der Waals surface area contributed by atoms with Crippen molar-refractivity contribution < 1.29 is 10.2 Å². The van der Waals surface area contributed by atoms with Gasteiger partial charge in [0.15, 0.2) is 0 Å². The molecule has 4 N–H and O–H groups in total. The molecule has 0 amide bonds. The van der Waals surface area contributed by atoms with Crippen molar-refractivity contribution in [3.63, 3.8) is 0 Å². The van der Waals surface area contributed by atoms with Crippen molar-refractivity contribution in [3.8, 4) is 11.5 Å². The molecule has 2 aromatic carbocycles. The van der Waals surface area contributed by atoms with Crippen molar-refractivity contribution >= 4 is 0 Å². The van der Waals surface area contributed by atoms with Crippen molar-refractivity contribution in [3.05, 3.63) is 58.7 Å². The van der Waals surface area contributed by atoms with Gasteiger partial charge in [-0.3, -0.25) is 0 Å². The van der Waals surface area contributed by atoms with Crippen LogP contribution < -0.4 is 10.6 Å². The highest BCUT2D eigenvalue weighted by Crippen LogP contribution is 2.20. The summed E-state index contributed by atoms with van der Waals surface area (Å²) in [4.78, 5) is 0. The van der Waals surface area contributed by atoms with Gasteiger partial charge < -0.3 is 20.8 Å². The summed E-state index contributed by atoms with van der Waals surface area (Å²) in [6.45, 7) is 7.22. The summed E-state index contributed by atoms with van der Waals surface area (Å²) in [5, 5.41) is 26.7. The Morgan fingerprint density at radius 1 is 0.692 bits per heavy atom. The molecule has 0 atom stereocenters. The third-order valence-electron chi connectivity index (χ3n) is 4.47. The van der Waals surface area contributed by atoms with Gasteiger partial charge in [-0.15, -0.1) is 0 Å². The van der Waals surface area contributed by atoms with Crippen LogP contribution >= 0.6 is 0 Å². The molecule has 4 heteroatoms. The molecule has 0 aliphatic rings. The second-order valence-electron chi connectivity index (χ2n) is 6.78. The molecule has 4 nitrogen and oxygen atoms in total. The molecule has 0 saturated carbocycles. The molecular formula is C22H32N2O2. The van der Waals surface area contributed by atoms with Crippen LogP contribution in [-0.4, -0.2) is 23.3 Å². The summed E-state index contributed by atoms with van der Waals surface area (Å²) in [6.07, 6.45) is 4.28. The van der Waals surface area contributed by atoms with E-state index in [0.717, 1.165) is 49.9 Å². The zero-order valence-electron chi connectivity index (χ0n) is 16.0. The highest BCUT2D eigenvalue weighted by Gasteiger charge is 2.04. The van der Waals surface area contributed by atoms with Crippen LogP contribution in [0.3, 0.4) is 0 Å². The molecule has 2 rings (SSSR count). The van der Waals surface area contributed by atoms with E-state index in [9.17, 15) is 10.2 Å². The minimum atomic E-state index is 0.350. The average Bonchev–Trinajstić information content (AvgIpc) is 2.63. The molecule has 0 aliphatic carbocycles. The summed E-state index contributed by atoms with van der Waals surface area (Å²) in [6, 6.07) is 11.7. The topological polar surface area (TPSA) is 64.5 Å². The second-order valence-corrected chi connectivity index (χ2v) is 6.78. The van der Waals surface area contributed by atoms with Crippen LogP contribution in [0, 0.1) is 0 Å². The van der Waals surface area contributed by atoms with Crippen LogP contribution in [0.2, 0.25) is 0 Å². The maximum atomic E-state index is 9.97. The first-order valence-corrected chi connectivity index (χ1v) is 9.67. The van der Waals surface area contributed by atoms with Crippen LogP contribution in [0.1, 0.15) is 48.9 Å². The monoisotopic (exact) mass is 356 g/mol. The van der Waals surface area contributed by atoms with E-state index in [1.54, 1.807) is 12.1 Å². The van der Waals surface area contributed by atoms with Gasteiger partial charge in [0.05, 0.1) is 0 Å². The van der Waals surface area contributed by atoms with Gasteiger partial charge in [-0.25, -0.2) is 0 Å². The summed E-state index contributed by atoms with van der Waals surface area (Å²) >= 11 is 0. The van der Waals surface area contributed by atoms with E-state index < -0.39 is 0 Å². The zero-order valence-corrected chi connectivity index (χ0v) is 16.0. The summed E-state index contributed by atoms with van der Waals surface area (Å²) in [5.41, 5.74) is 4.42. The highest BCUT2D eigenvalue weighted by molar-refractivity contribution is 5.37. The fraction of sp³-hybridized carbons (Fsp3) is 0.455. The van der Waals surface area contributed by atoms with Crippen LogP contribution in [0.25, 0.3) is 0 Å². The molecular weight excluding hydrogens is 324 g/mol. The summed E-state index contributed by atoms with van der Waals surface area (Å²) in [5.74, 6) is 0.700. The Bertz CT molecular complexity index is 626. The fourth-order valence-electron chi connectivity index (χ4n) is 3.07. The molecule has 0 radical (unpaired) electrons. The van der Waals surface area contributed by atoms with Gasteiger partial charge in [-0.2, -0.15) is 0 Å². The Kier molecular flexibility index (Phi) is 8.45. The number of phenolic OH excluding ortho intramolecular Hbond substituents is 2. The minimum absolute atomic E-state index is 0.350. The first-order chi connectivity index (χ1) is 12.6. The van der Waals surface area contributed by atoms with E-state index >= 15 is 0 Å². The number of nitrogens with one attached hydrogen (secondary N) is 2. The smallest absolute Gasteiger partial charge is 0.120 e. The summed E-state index contributed by atoms with van der Waals surface area (Å²) < 4.78 is 0. The van der Waals surface area contributed by atoms with Crippen LogP contribution in [0.5, 0.6) is 11.5 Å².